The standard InChI is InChI=1S/C25H36N4O3/c1-32-22-10-6-5-9-21(22)27-13-15-28(16-14-27)24(30)23-18-11-12-20(17-18)29(23)25(31)26-19-7-3-2-4-8-19/h5-6,9-10,18-20,23H,2-4,7-8,11-17H2,1H3,(H,26,31). The van der Waals surface area contributed by atoms with Crippen LogP contribution >= 0.6 is 0 Å². The lowest BCUT2D eigenvalue weighted by molar-refractivity contribution is -0.137. The highest BCUT2D eigenvalue weighted by molar-refractivity contribution is 5.89. The van der Waals surface area contributed by atoms with Gasteiger partial charge in [-0.2, -0.15) is 0 Å². The summed E-state index contributed by atoms with van der Waals surface area (Å²) in [6.07, 6.45) is 8.86. The van der Waals surface area contributed by atoms with Gasteiger partial charge in [-0.25, -0.2) is 4.79 Å². The summed E-state index contributed by atoms with van der Waals surface area (Å²) in [5.74, 6) is 1.33. The van der Waals surface area contributed by atoms with Crippen LogP contribution in [0.2, 0.25) is 0 Å². The molecule has 174 valence electrons. The number of ether oxygens (including phenoxy) is 1. The van der Waals surface area contributed by atoms with Crippen molar-refractivity contribution in [1.29, 1.82) is 0 Å². The molecule has 7 nitrogen and oxygen atoms in total. The number of carbonyl (C=O) groups is 2. The van der Waals surface area contributed by atoms with Gasteiger partial charge in [0.2, 0.25) is 5.91 Å². The molecule has 1 aromatic rings. The number of hydrogen-bond donors (Lipinski definition) is 1. The average molecular weight is 441 g/mol. The highest BCUT2D eigenvalue weighted by Crippen LogP contribution is 2.43. The molecule has 2 bridgehead atoms. The lowest BCUT2D eigenvalue weighted by atomic mass is 9.95. The third-order valence-electron chi connectivity index (χ3n) is 8.02. The zero-order chi connectivity index (χ0) is 22.1. The van der Waals surface area contributed by atoms with Crippen LogP contribution in [0.3, 0.4) is 0 Å². The van der Waals surface area contributed by atoms with E-state index in [0.29, 0.717) is 19.0 Å². The van der Waals surface area contributed by atoms with E-state index in [2.05, 4.69) is 16.3 Å². The summed E-state index contributed by atoms with van der Waals surface area (Å²) in [7, 11) is 1.70. The first-order valence-electron chi connectivity index (χ1n) is 12.4. The van der Waals surface area contributed by atoms with Crippen LogP contribution in [0.1, 0.15) is 51.4 Å². The molecule has 2 aliphatic carbocycles. The van der Waals surface area contributed by atoms with Gasteiger partial charge in [-0.15, -0.1) is 0 Å². The zero-order valence-corrected chi connectivity index (χ0v) is 19.2. The van der Waals surface area contributed by atoms with Crippen molar-refractivity contribution in [3.05, 3.63) is 24.3 Å². The second kappa shape index (κ2) is 9.20. The fraction of sp³-hybridized carbons (Fsp3) is 0.680. The predicted molar refractivity (Wildman–Crippen MR) is 124 cm³/mol. The molecule has 4 fully saturated rings. The molecule has 0 aromatic heterocycles. The van der Waals surface area contributed by atoms with Gasteiger partial charge in [0.25, 0.3) is 0 Å². The number of carbonyl (C=O) groups excluding carboxylic acids is 2. The molecular weight excluding hydrogens is 404 g/mol. The largest absolute Gasteiger partial charge is 0.495 e. The Morgan fingerprint density at radius 2 is 1.72 bits per heavy atom. The van der Waals surface area contributed by atoms with E-state index in [1.807, 2.05) is 28.0 Å². The van der Waals surface area contributed by atoms with Gasteiger partial charge in [-0.3, -0.25) is 4.79 Å². The van der Waals surface area contributed by atoms with Crippen LogP contribution in [-0.4, -0.2) is 73.2 Å². The molecular formula is C25H36N4O3. The molecule has 3 atom stereocenters. The molecule has 2 saturated heterocycles. The number of rotatable bonds is 4. The number of fused-ring (bicyclic) bond motifs is 2. The zero-order valence-electron chi connectivity index (χ0n) is 19.2. The molecule has 2 heterocycles. The van der Waals surface area contributed by atoms with E-state index < -0.39 is 0 Å². The van der Waals surface area contributed by atoms with E-state index in [-0.39, 0.29) is 30.1 Å². The summed E-state index contributed by atoms with van der Waals surface area (Å²) >= 11 is 0. The van der Waals surface area contributed by atoms with E-state index in [9.17, 15) is 9.59 Å². The Balaban J connectivity index is 1.23. The maximum atomic E-state index is 13.6. The van der Waals surface area contributed by atoms with Crippen LogP contribution in [0.15, 0.2) is 24.3 Å². The molecule has 32 heavy (non-hydrogen) atoms. The first-order chi connectivity index (χ1) is 15.7. The molecule has 7 heteroatoms. The Bertz CT molecular complexity index is 832. The van der Waals surface area contributed by atoms with Gasteiger partial charge in [0.15, 0.2) is 0 Å². The summed E-state index contributed by atoms with van der Waals surface area (Å²) in [5, 5.41) is 3.27. The first kappa shape index (κ1) is 21.4. The van der Waals surface area contributed by atoms with Gasteiger partial charge in [-0.05, 0) is 50.2 Å². The fourth-order valence-electron chi connectivity index (χ4n) is 6.34. The van der Waals surface area contributed by atoms with E-state index >= 15 is 0 Å². The van der Waals surface area contributed by atoms with Gasteiger partial charge in [0.05, 0.1) is 12.8 Å². The number of piperidine rings is 1. The minimum Gasteiger partial charge on any atom is -0.495 e. The number of hydrogen-bond acceptors (Lipinski definition) is 4. The molecule has 2 saturated carbocycles. The first-order valence-corrected chi connectivity index (χ1v) is 12.4. The number of benzene rings is 1. The van der Waals surface area contributed by atoms with Crippen LogP contribution in [0.5, 0.6) is 5.75 Å². The van der Waals surface area contributed by atoms with Crippen LogP contribution in [-0.2, 0) is 4.79 Å². The van der Waals surface area contributed by atoms with Crippen molar-refractivity contribution in [1.82, 2.24) is 15.1 Å². The molecule has 1 aromatic carbocycles. The normalized spacial score (nSPS) is 28.2. The minimum absolute atomic E-state index is 0.00453. The van der Waals surface area contributed by atoms with Crippen molar-refractivity contribution in [3.8, 4) is 5.75 Å². The Labute approximate surface area is 191 Å². The van der Waals surface area contributed by atoms with Crippen molar-refractivity contribution in [2.75, 3.05) is 38.2 Å². The second-order valence-electron chi connectivity index (χ2n) is 9.85. The molecule has 3 amide bonds. The van der Waals surface area contributed by atoms with E-state index in [1.54, 1.807) is 7.11 Å². The Morgan fingerprint density at radius 3 is 2.47 bits per heavy atom. The van der Waals surface area contributed by atoms with Crippen molar-refractivity contribution in [2.45, 2.75) is 69.5 Å². The number of nitrogens with one attached hydrogen (secondary N) is 1. The SMILES string of the molecule is COc1ccccc1N1CCN(C(=O)C2C3CCC(C3)N2C(=O)NC2CCCCC2)CC1. The summed E-state index contributed by atoms with van der Waals surface area (Å²) in [6.45, 7) is 2.92. The highest BCUT2D eigenvalue weighted by atomic mass is 16.5. The summed E-state index contributed by atoms with van der Waals surface area (Å²) in [4.78, 5) is 33.1. The molecule has 5 rings (SSSR count). The topological polar surface area (TPSA) is 65.1 Å². The van der Waals surface area contributed by atoms with Crippen molar-refractivity contribution < 1.29 is 14.3 Å². The summed E-state index contributed by atoms with van der Waals surface area (Å²) < 4.78 is 5.52. The van der Waals surface area contributed by atoms with Crippen molar-refractivity contribution >= 4 is 17.6 Å². The van der Waals surface area contributed by atoms with E-state index in [1.165, 1.54) is 19.3 Å². The Hall–Kier alpha value is -2.44. The van der Waals surface area contributed by atoms with Crippen molar-refractivity contribution in [2.24, 2.45) is 5.92 Å². The van der Waals surface area contributed by atoms with Crippen LogP contribution < -0.4 is 15.0 Å². The van der Waals surface area contributed by atoms with Gasteiger partial charge in [-0.1, -0.05) is 31.4 Å². The molecule has 4 aliphatic rings. The number of urea groups is 1. The van der Waals surface area contributed by atoms with Gasteiger partial charge in [0.1, 0.15) is 11.8 Å². The van der Waals surface area contributed by atoms with Gasteiger partial charge < -0.3 is 24.8 Å². The molecule has 0 radical (unpaired) electrons. The number of para-hydroxylation sites is 2. The number of piperazine rings is 1. The van der Waals surface area contributed by atoms with Crippen LogP contribution in [0.4, 0.5) is 10.5 Å². The fourth-order valence-corrected chi connectivity index (χ4v) is 6.34. The third-order valence-corrected chi connectivity index (χ3v) is 8.02. The number of likely N-dealkylation sites (tertiary alicyclic amines) is 1. The van der Waals surface area contributed by atoms with Crippen molar-refractivity contribution in [3.63, 3.8) is 0 Å². The predicted octanol–water partition coefficient (Wildman–Crippen LogP) is 3.24. The van der Waals surface area contributed by atoms with Gasteiger partial charge in [0, 0.05) is 38.3 Å². The lowest BCUT2D eigenvalue weighted by Gasteiger charge is -2.41. The molecule has 1 N–H and O–H groups in total. The monoisotopic (exact) mass is 440 g/mol. The lowest BCUT2D eigenvalue weighted by Crippen LogP contribution is -2.60. The third kappa shape index (κ3) is 4.02. The maximum Gasteiger partial charge on any atom is 0.318 e. The van der Waals surface area contributed by atoms with E-state index in [0.717, 1.165) is 56.6 Å². The minimum atomic E-state index is -0.282. The molecule has 3 unspecified atom stereocenters. The number of methoxy groups -OCH3 is 1. The summed E-state index contributed by atoms with van der Waals surface area (Å²) in [5.41, 5.74) is 1.08. The van der Waals surface area contributed by atoms with Crippen LogP contribution in [0.25, 0.3) is 0 Å². The molecule has 0 spiro atoms. The maximum absolute atomic E-state index is 13.6. The van der Waals surface area contributed by atoms with Crippen LogP contribution in [0, 0.1) is 5.92 Å². The number of anilines is 1. The quantitative estimate of drug-likeness (QED) is 0.781. The second-order valence-corrected chi connectivity index (χ2v) is 9.85. The Kier molecular flexibility index (Phi) is 6.15. The van der Waals surface area contributed by atoms with E-state index in [4.69, 9.17) is 4.74 Å². The average Bonchev–Trinajstić information content (AvgIpc) is 3.46. The number of amides is 3. The smallest absolute Gasteiger partial charge is 0.318 e. The highest BCUT2D eigenvalue weighted by Gasteiger charge is 2.52. The summed E-state index contributed by atoms with van der Waals surface area (Å²) in [6, 6.07) is 8.26. The molecule has 2 aliphatic heterocycles. The number of nitrogens with zero attached hydrogens (tertiary/aromatic N) is 3. The Morgan fingerprint density at radius 1 is 0.969 bits per heavy atom. The van der Waals surface area contributed by atoms with Gasteiger partial charge >= 0.3 is 6.03 Å².